The fourth-order valence-electron chi connectivity index (χ4n) is 3.13. The standard InChI is InChI=1S/C20H12N2O3/c1-11-8-13-9-17-18(25-20(23)22-17)10-14(13)19(24-11)16-7-6-12-4-2-3-5-15(12)21-16/h2-10H,1H3. The summed E-state index contributed by atoms with van der Waals surface area (Å²) in [6, 6.07) is 17.4. The summed E-state index contributed by atoms with van der Waals surface area (Å²) < 4.78 is 11.1. The number of nitrogens with zero attached hydrogens (tertiary/aromatic N) is 2. The molecule has 5 nitrogen and oxygen atoms in total. The van der Waals surface area contributed by atoms with Crippen LogP contribution in [0.4, 0.5) is 0 Å². The zero-order valence-electron chi connectivity index (χ0n) is 13.3. The van der Waals surface area contributed by atoms with Gasteiger partial charge in [0.05, 0.1) is 5.52 Å². The van der Waals surface area contributed by atoms with Gasteiger partial charge in [-0.3, -0.25) is 0 Å². The number of aryl methyl sites for hydroxylation is 1. The second kappa shape index (κ2) is 5.01. The summed E-state index contributed by atoms with van der Waals surface area (Å²) in [7, 11) is 0. The molecule has 0 aliphatic heterocycles. The van der Waals surface area contributed by atoms with Crippen LogP contribution in [0.15, 0.2) is 68.2 Å². The molecule has 2 aromatic carbocycles. The highest BCUT2D eigenvalue weighted by Gasteiger charge is 2.13. The Morgan fingerprint density at radius 1 is 0.840 bits per heavy atom. The van der Waals surface area contributed by atoms with Crippen molar-refractivity contribution < 1.29 is 8.83 Å². The molecule has 0 bridgehead atoms. The molecule has 3 aromatic heterocycles. The van der Waals surface area contributed by atoms with Gasteiger partial charge in [0.25, 0.3) is 0 Å². The van der Waals surface area contributed by atoms with Crippen LogP contribution in [0.2, 0.25) is 0 Å². The molecule has 5 rings (SSSR count). The van der Waals surface area contributed by atoms with E-state index < -0.39 is 5.76 Å². The molecule has 3 heterocycles. The van der Waals surface area contributed by atoms with Crippen molar-refractivity contribution in [1.82, 2.24) is 9.97 Å². The number of oxazole rings is 1. The van der Waals surface area contributed by atoms with Crippen LogP contribution in [0.5, 0.6) is 0 Å². The highest BCUT2D eigenvalue weighted by Crippen LogP contribution is 2.32. The van der Waals surface area contributed by atoms with Gasteiger partial charge < -0.3 is 8.83 Å². The van der Waals surface area contributed by atoms with Gasteiger partial charge >= 0.3 is 5.76 Å². The molecule has 5 heteroatoms. The molecular weight excluding hydrogens is 316 g/mol. The molecule has 0 aliphatic rings. The summed E-state index contributed by atoms with van der Waals surface area (Å²) in [5, 5.41) is 2.82. The Bertz CT molecular complexity index is 1330. The number of fused-ring (bicyclic) bond motifs is 3. The largest absolute Gasteiger partial charge is 0.459 e. The van der Waals surface area contributed by atoms with Crippen LogP contribution in [-0.2, 0) is 0 Å². The van der Waals surface area contributed by atoms with Crippen LogP contribution in [-0.4, -0.2) is 9.97 Å². The van der Waals surface area contributed by atoms with Crippen LogP contribution in [0.1, 0.15) is 5.76 Å². The third-order valence-electron chi connectivity index (χ3n) is 4.24. The van der Waals surface area contributed by atoms with Gasteiger partial charge in [0.15, 0.2) is 11.3 Å². The quantitative estimate of drug-likeness (QED) is 0.454. The molecule has 0 unspecified atom stereocenters. The minimum atomic E-state index is -0.593. The Labute approximate surface area is 141 Å². The van der Waals surface area contributed by atoms with Crippen LogP contribution >= 0.6 is 0 Å². The van der Waals surface area contributed by atoms with E-state index in [-0.39, 0.29) is 0 Å². The highest BCUT2D eigenvalue weighted by atomic mass is 16.4. The first-order valence-electron chi connectivity index (χ1n) is 7.89. The van der Waals surface area contributed by atoms with E-state index in [1.54, 1.807) is 6.07 Å². The van der Waals surface area contributed by atoms with Crippen molar-refractivity contribution in [1.29, 1.82) is 0 Å². The molecule has 120 valence electrons. The summed E-state index contributed by atoms with van der Waals surface area (Å²) in [6.45, 7) is 1.88. The van der Waals surface area contributed by atoms with Gasteiger partial charge in [-0.05, 0) is 42.6 Å². The lowest BCUT2D eigenvalue weighted by Crippen LogP contribution is -1.92. The van der Waals surface area contributed by atoms with E-state index in [0.29, 0.717) is 16.9 Å². The SMILES string of the molecule is Cc1cc2cc3nc(=O)oc3cc2c(-c2ccc3ccccc3n2)o1. The molecule has 5 aromatic rings. The first kappa shape index (κ1) is 13.9. The lowest BCUT2D eigenvalue weighted by Gasteiger charge is -2.08. The second-order valence-electron chi connectivity index (χ2n) is 5.96. The van der Waals surface area contributed by atoms with Crippen molar-refractivity contribution in [2.45, 2.75) is 6.92 Å². The number of para-hydroxylation sites is 1. The number of hydrogen-bond donors (Lipinski definition) is 0. The maximum absolute atomic E-state index is 11.4. The van der Waals surface area contributed by atoms with Crippen molar-refractivity contribution in [3.63, 3.8) is 0 Å². The topological polar surface area (TPSA) is 69.1 Å². The van der Waals surface area contributed by atoms with Gasteiger partial charge in [-0.15, -0.1) is 0 Å². The average Bonchev–Trinajstić information content (AvgIpc) is 2.97. The van der Waals surface area contributed by atoms with Crippen molar-refractivity contribution in [2.75, 3.05) is 0 Å². The zero-order chi connectivity index (χ0) is 17.0. The summed E-state index contributed by atoms with van der Waals surface area (Å²) in [5.41, 5.74) is 2.61. The maximum Gasteiger partial charge on any atom is 0.439 e. The number of hydrogen-bond acceptors (Lipinski definition) is 5. The smallest absolute Gasteiger partial charge is 0.439 e. The Morgan fingerprint density at radius 3 is 2.64 bits per heavy atom. The highest BCUT2D eigenvalue weighted by molar-refractivity contribution is 6.00. The lowest BCUT2D eigenvalue weighted by atomic mass is 10.1. The summed E-state index contributed by atoms with van der Waals surface area (Å²) in [5.74, 6) is 0.804. The van der Waals surface area contributed by atoms with Crippen LogP contribution in [0.25, 0.3) is 44.2 Å². The third kappa shape index (κ3) is 2.21. The zero-order valence-corrected chi connectivity index (χ0v) is 13.3. The number of benzene rings is 2. The van der Waals surface area contributed by atoms with E-state index in [0.717, 1.165) is 33.1 Å². The monoisotopic (exact) mass is 328 g/mol. The molecule has 0 N–H and O–H groups in total. The van der Waals surface area contributed by atoms with E-state index in [9.17, 15) is 4.79 Å². The van der Waals surface area contributed by atoms with E-state index in [4.69, 9.17) is 13.8 Å². The van der Waals surface area contributed by atoms with Gasteiger partial charge in [-0.1, -0.05) is 24.3 Å². The predicted molar refractivity (Wildman–Crippen MR) is 95.5 cm³/mol. The predicted octanol–water partition coefficient (Wildman–Crippen LogP) is 4.46. The van der Waals surface area contributed by atoms with E-state index in [1.807, 2.05) is 55.5 Å². The van der Waals surface area contributed by atoms with Gasteiger partial charge in [-0.25, -0.2) is 9.78 Å². The summed E-state index contributed by atoms with van der Waals surface area (Å²) in [4.78, 5) is 20.0. The first-order chi connectivity index (χ1) is 12.2. The number of rotatable bonds is 1. The van der Waals surface area contributed by atoms with Crippen molar-refractivity contribution in [3.8, 4) is 11.5 Å². The molecule has 0 aliphatic carbocycles. The maximum atomic E-state index is 11.4. The van der Waals surface area contributed by atoms with Crippen molar-refractivity contribution in [2.24, 2.45) is 0 Å². The number of pyridine rings is 1. The summed E-state index contributed by atoms with van der Waals surface area (Å²) in [6.07, 6.45) is 0. The lowest BCUT2D eigenvalue weighted by molar-refractivity contribution is 0.535. The minimum Gasteiger partial charge on any atom is -0.459 e. The van der Waals surface area contributed by atoms with E-state index >= 15 is 0 Å². The average molecular weight is 328 g/mol. The Morgan fingerprint density at radius 2 is 1.72 bits per heavy atom. The molecule has 25 heavy (non-hydrogen) atoms. The van der Waals surface area contributed by atoms with Crippen LogP contribution < -0.4 is 5.76 Å². The second-order valence-corrected chi connectivity index (χ2v) is 5.96. The minimum absolute atomic E-state index is 0.443. The molecular formula is C20H12N2O3. The molecule has 0 spiro atoms. The molecule has 0 saturated carbocycles. The molecule has 0 amide bonds. The Hall–Kier alpha value is -3.47. The van der Waals surface area contributed by atoms with Crippen LogP contribution in [0, 0.1) is 6.92 Å². The fraction of sp³-hybridized carbons (Fsp3) is 0.0500. The Balaban J connectivity index is 1.86. The molecule has 0 radical (unpaired) electrons. The van der Waals surface area contributed by atoms with Gasteiger partial charge in [0, 0.05) is 10.8 Å². The van der Waals surface area contributed by atoms with Gasteiger partial charge in [0.2, 0.25) is 0 Å². The number of aromatic nitrogens is 2. The molecule has 0 saturated heterocycles. The fourth-order valence-corrected chi connectivity index (χ4v) is 3.13. The molecule has 0 fully saturated rings. The van der Waals surface area contributed by atoms with E-state index in [1.165, 1.54) is 0 Å². The van der Waals surface area contributed by atoms with Crippen molar-refractivity contribution in [3.05, 3.63) is 70.9 Å². The van der Waals surface area contributed by atoms with Gasteiger partial charge in [0.1, 0.15) is 17.0 Å². The van der Waals surface area contributed by atoms with E-state index in [2.05, 4.69) is 4.98 Å². The van der Waals surface area contributed by atoms with Crippen molar-refractivity contribution >= 4 is 32.8 Å². The van der Waals surface area contributed by atoms with Crippen LogP contribution in [0.3, 0.4) is 0 Å². The third-order valence-corrected chi connectivity index (χ3v) is 4.24. The molecule has 0 atom stereocenters. The Kier molecular flexibility index (Phi) is 2.79. The summed E-state index contributed by atoms with van der Waals surface area (Å²) >= 11 is 0. The van der Waals surface area contributed by atoms with Gasteiger partial charge in [-0.2, -0.15) is 4.98 Å². The normalized spacial score (nSPS) is 11.6. The first-order valence-corrected chi connectivity index (χ1v) is 7.89.